The summed E-state index contributed by atoms with van der Waals surface area (Å²) in [6.07, 6.45) is -0.418. The Morgan fingerprint density at radius 2 is 1.71 bits per heavy atom. The minimum Gasteiger partial charge on any atom is -0.475 e. The van der Waals surface area contributed by atoms with E-state index in [1.54, 1.807) is 0 Å². The SMILES string of the molecule is CN(C)C1CC2(CCN(C(=O)C3(C#N)CC3)CC2)c2ccccc21.O=C(O)C(F)(F)F. The Bertz CT molecular complexity index is 895. The molecule has 0 aromatic heterocycles. The average Bonchev–Trinajstić information content (AvgIpc) is 3.47. The van der Waals surface area contributed by atoms with Gasteiger partial charge in [-0.1, -0.05) is 24.3 Å². The summed E-state index contributed by atoms with van der Waals surface area (Å²) in [4.78, 5) is 25.8. The van der Waals surface area contributed by atoms with Crippen molar-refractivity contribution in [1.82, 2.24) is 9.80 Å². The van der Waals surface area contributed by atoms with E-state index in [4.69, 9.17) is 9.90 Å². The van der Waals surface area contributed by atoms with Crippen LogP contribution in [0, 0.1) is 16.7 Å². The summed E-state index contributed by atoms with van der Waals surface area (Å²) in [5, 5.41) is 16.4. The van der Waals surface area contributed by atoms with Crippen LogP contribution in [-0.2, 0) is 15.0 Å². The molecule has 31 heavy (non-hydrogen) atoms. The number of carbonyl (C=O) groups is 2. The third-order valence-electron chi connectivity index (χ3n) is 6.72. The summed E-state index contributed by atoms with van der Waals surface area (Å²) in [5.74, 6) is -2.68. The van der Waals surface area contributed by atoms with Crippen molar-refractivity contribution >= 4 is 11.9 Å². The molecule has 9 heteroatoms. The molecule has 0 bridgehead atoms. The van der Waals surface area contributed by atoms with E-state index in [0.717, 1.165) is 45.2 Å². The molecule has 2 aliphatic carbocycles. The summed E-state index contributed by atoms with van der Waals surface area (Å²) in [6, 6.07) is 11.6. The van der Waals surface area contributed by atoms with Gasteiger partial charge in [0.1, 0.15) is 5.41 Å². The first-order valence-electron chi connectivity index (χ1n) is 10.2. The summed E-state index contributed by atoms with van der Waals surface area (Å²) < 4.78 is 31.7. The monoisotopic (exact) mass is 437 g/mol. The number of carboxylic acids is 1. The van der Waals surface area contributed by atoms with Crippen molar-refractivity contribution < 1.29 is 27.9 Å². The van der Waals surface area contributed by atoms with Crippen LogP contribution in [0.5, 0.6) is 0 Å². The van der Waals surface area contributed by atoms with Crippen molar-refractivity contribution in [3.63, 3.8) is 0 Å². The molecule has 1 amide bonds. The number of aliphatic carboxylic acids is 1. The summed E-state index contributed by atoms with van der Waals surface area (Å²) >= 11 is 0. The fraction of sp³-hybridized carbons (Fsp3) is 0.591. The fourth-order valence-electron chi connectivity index (χ4n) is 4.73. The van der Waals surface area contributed by atoms with Crippen LogP contribution in [0.1, 0.15) is 49.3 Å². The number of hydrogen-bond acceptors (Lipinski definition) is 4. The molecule has 1 unspecified atom stereocenters. The molecule has 1 saturated carbocycles. The van der Waals surface area contributed by atoms with Gasteiger partial charge in [0.05, 0.1) is 6.07 Å². The van der Waals surface area contributed by atoms with E-state index in [0.29, 0.717) is 6.04 Å². The number of fused-ring (bicyclic) bond motifs is 2. The van der Waals surface area contributed by atoms with Gasteiger partial charge in [0.25, 0.3) is 0 Å². The molecule has 6 nitrogen and oxygen atoms in total. The van der Waals surface area contributed by atoms with Gasteiger partial charge in [0.2, 0.25) is 5.91 Å². The number of nitriles is 1. The number of likely N-dealkylation sites (tertiary alicyclic amines) is 1. The van der Waals surface area contributed by atoms with E-state index in [9.17, 15) is 23.2 Å². The lowest BCUT2D eigenvalue weighted by molar-refractivity contribution is -0.192. The highest BCUT2D eigenvalue weighted by atomic mass is 19.4. The Labute approximate surface area is 179 Å². The van der Waals surface area contributed by atoms with Crippen LogP contribution in [-0.4, -0.2) is 60.1 Å². The Balaban J connectivity index is 0.000000339. The van der Waals surface area contributed by atoms with E-state index >= 15 is 0 Å². The highest BCUT2D eigenvalue weighted by Gasteiger charge is 2.54. The first kappa shape index (κ1) is 23.1. The van der Waals surface area contributed by atoms with Crippen molar-refractivity contribution in [3.05, 3.63) is 35.4 Å². The van der Waals surface area contributed by atoms with Gasteiger partial charge in [0, 0.05) is 24.5 Å². The predicted molar refractivity (Wildman–Crippen MR) is 106 cm³/mol. The number of carbonyl (C=O) groups excluding carboxylic acids is 1. The van der Waals surface area contributed by atoms with Crippen LogP contribution in [0.25, 0.3) is 0 Å². The lowest BCUT2D eigenvalue weighted by Gasteiger charge is -2.41. The first-order valence-corrected chi connectivity index (χ1v) is 10.2. The predicted octanol–water partition coefficient (Wildman–Crippen LogP) is 3.49. The number of amides is 1. The molecule has 2 fully saturated rings. The van der Waals surface area contributed by atoms with Crippen LogP contribution in [0.2, 0.25) is 0 Å². The molecule has 3 aliphatic rings. The van der Waals surface area contributed by atoms with E-state index in [2.05, 4.69) is 49.3 Å². The van der Waals surface area contributed by atoms with Gasteiger partial charge in [-0.05, 0) is 57.3 Å². The lowest BCUT2D eigenvalue weighted by atomic mass is 9.73. The van der Waals surface area contributed by atoms with Crippen molar-refractivity contribution in [2.24, 2.45) is 5.41 Å². The molecule has 1 heterocycles. The molecular weight excluding hydrogens is 411 g/mol. The number of nitrogens with zero attached hydrogens (tertiary/aromatic N) is 3. The van der Waals surface area contributed by atoms with E-state index < -0.39 is 17.6 Å². The maximum Gasteiger partial charge on any atom is 0.490 e. The molecule has 1 N–H and O–H groups in total. The normalized spacial score (nSPS) is 22.9. The molecule has 1 spiro atoms. The molecule has 4 rings (SSSR count). The smallest absolute Gasteiger partial charge is 0.475 e. The Morgan fingerprint density at radius 3 is 2.16 bits per heavy atom. The van der Waals surface area contributed by atoms with Crippen LogP contribution in [0.15, 0.2) is 24.3 Å². The Morgan fingerprint density at radius 1 is 1.16 bits per heavy atom. The fourth-order valence-corrected chi connectivity index (χ4v) is 4.73. The number of halogens is 3. The summed E-state index contributed by atoms with van der Waals surface area (Å²) in [5.41, 5.74) is 2.46. The maximum absolute atomic E-state index is 12.6. The van der Waals surface area contributed by atoms with Gasteiger partial charge in [-0.25, -0.2) is 4.79 Å². The van der Waals surface area contributed by atoms with E-state index in [-0.39, 0.29) is 11.3 Å². The number of benzene rings is 1. The minimum atomic E-state index is -5.08. The highest BCUT2D eigenvalue weighted by molar-refractivity contribution is 5.88. The maximum atomic E-state index is 12.6. The van der Waals surface area contributed by atoms with Gasteiger partial charge in [-0.3, -0.25) is 4.79 Å². The van der Waals surface area contributed by atoms with Crippen LogP contribution in [0.4, 0.5) is 13.2 Å². The largest absolute Gasteiger partial charge is 0.490 e. The first-order chi connectivity index (χ1) is 14.5. The third-order valence-corrected chi connectivity index (χ3v) is 6.72. The molecule has 1 aromatic rings. The highest BCUT2D eigenvalue weighted by Crippen LogP contribution is 2.53. The summed E-state index contributed by atoms with van der Waals surface area (Å²) in [6.45, 7) is 1.58. The van der Waals surface area contributed by atoms with Crippen LogP contribution >= 0.6 is 0 Å². The van der Waals surface area contributed by atoms with Gasteiger partial charge >= 0.3 is 12.1 Å². The molecule has 0 radical (unpaired) electrons. The molecule has 1 aromatic carbocycles. The van der Waals surface area contributed by atoms with Gasteiger partial charge in [0.15, 0.2) is 0 Å². The number of alkyl halides is 3. The lowest BCUT2D eigenvalue weighted by Crippen LogP contribution is -2.47. The zero-order valence-electron chi connectivity index (χ0n) is 17.6. The quantitative estimate of drug-likeness (QED) is 0.766. The zero-order valence-corrected chi connectivity index (χ0v) is 17.6. The third kappa shape index (κ3) is 4.40. The van der Waals surface area contributed by atoms with Crippen molar-refractivity contribution in [3.8, 4) is 6.07 Å². The van der Waals surface area contributed by atoms with E-state index in [1.165, 1.54) is 11.1 Å². The Hall–Kier alpha value is -2.60. The topological polar surface area (TPSA) is 84.6 Å². The number of hydrogen-bond donors (Lipinski definition) is 1. The molecule has 1 saturated heterocycles. The standard InChI is InChI=1S/C20H25N3O.C2HF3O2/c1-22(2)17-13-19(16-6-4-3-5-15(16)17)9-11-23(12-10-19)18(24)20(14-21)7-8-20;3-2(4,5)1(6)7/h3-6,17H,7-13H2,1-2H3;(H,6,7). The summed E-state index contributed by atoms with van der Waals surface area (Å²) in [7, 11) is 4.31. The number of piperidine rings is 1. The van der Waals surface area contributed by atoms with Crippen molar-refractivity contribution in [1.29, 1.82) is 5.26 Å². The Kier molecular flexibility index (Phi) is 6.07. The van der Waals surface area contributed by atoms with Crippen LogP contribution in [0.3, 0.4) is 0 Å². The molecule has 1 aliphatic heterocycles. The number of carboxylic acid groups (broad SMARTS) is 1. The zero-order chi connectivity index (χ0) is 23.0. The second-order valence-corrected chi connectivity index (χ2v) is 8.84. The van der Waals surface area contributed by atoms with Crippen molar-refractivity contribution in [2.45, 2.75) is 49.7 Å². The van der Waals surface area contributed by atoms with Gasteiger partial charge in [-0.2, -0.15) is 18.4 Å². The molecule has 168 valence electrons. The van der Waals surface area contributed by atoms with Crippen molar-refractivity contribution in [2.75, 3.05) is 27.2 Å². The minimum absolute atomic E-state index is 0.0790. The molecular formula is C22H26F3N3O3. The van der Waals surface area contributed by atoms with E-state index in [1.807, 2.05) is 4.90 Å². The number of rotatable bonds is 2. The second kappa shape index (κ2) is 8.15. The van der Waals surface area contributed by atoms with Crippen LogP contribution < -0.4 is 0 Å². The van der Waals surface area contributed by atoms with Gasteiger partial charge in [-0.15, -0.1) is 0 Å². The average molecular weight is 437 g/mol. The van der Waals surface area contributed by atoms with Gasteiger partial charge < -0.3 is 14.9 Å². The molecule has 1 atom stereocenters. The second-order valence-electron chi connectivity index (χ2n) is 8.84.